The summed E-state index contributed by atoms with van der Waals surface area (Å²) < 4.78 is 6.11. The molecular weight excluding hydrogens is 1010 g/mol. The quantitative estimate of drug-likeness (QED) is 0.0618. The van der Waals surface area contributed by atoms with Gasteiger partial charge >= 0.3 is 0 Å². The van der Waals surface area contributed by atoms with Crippen molar-refractivity contribution in [2.24, 2.45) is 10.8 Å². The molecule has 1 aliphatic carbocycles. The molecule has 0 radical (unpaired) electrons. The average Bonchev–Trinajstić information content (AvgIpc) is 3.99. The van der Waals surface area contributed by atoms with E-state index in [0.717, 1.165) is 41.5 Å². The molecule has 2 heterocycles. The number of benzene rings is 4. The van der Waals surface area contributed by atoms with Gasteiger partial charge in [-0.3, -0.25) is 33.6 Å². The molecule has 80 heavy (non-hydrogen) atoms. The standard InChI is InChI=1S/C63H85N9O8/c1-13-80-52-28-19-18-25-47(52)40(4)70(59(77)51-33-44-22-14-15-23-45(44)36-71(51)60(78)53(62(5,6)7)68-55(73)38(2)64-11)35-41-29-31-43(32-30-41)57(75)66-46-34-50(58(76)67-49-27-20-24-42-21-16-17-26-48(42)49)72(37-46)61(79)54(63(8,9)10)69-56(74)39(3)65-12/h14-19,21-23,25-26,28-32,38-40,46,49-51,53-54,64-65H,13,20,24,27,33-37H2,1-12H3,(H,66,75)(H,67,76)(H,68,73)(H,69,74)/t38-,39-,40+,46?,49?,50-,51-,53+,54+/m0/s1. The zero-order valence-corrected chi connectivity index (χ0v) is 48.9. The van der Waals surface area contributed by atoms with Gasteiger partial charge in [0.25, 0.3) is 5.91 Å². The smallest absolute Gasteiger partial charge is 0.251 e. The monoisotopic (exact) mass is 1100 g/mol. The van der Waals surface area contributed by atoms with E-state index in [1.54, 1.807) is 62.0 Å². The summed E-state index contributed by atoms with van der Waals surface area (Å²) >= 11 is 0. The highest BCUT2D eigenvalue weighted by Gasteiger charge is 2.47. The molecule has 0 aromatic heterocycles. The van der Waals surface area contributed by atoms with Crippen molar-refractivity contribution in [2.75, 3.05) is 27.2 Å². The number of likely N-dealkylation sites (tertiary alicyclic amines) is 1. The second-order valence-corrected chi connectivity index (χ2v) is 24.0. The first kappa shape index (κ1) is 60.5. The van der Waals surface area contributed by atoms with Gasteiger partial charge in [-0.15, -0.1) is 0 Å². The van der Waals surface area contributed by atoms with Crippen LogP contribution in [0.3, 0.4) is 0 Å². The summed E-state index contributed by atoms with van der Waals surface area (Å²) in [7, 11) is 3.35. The molecule has 4 aromatic rings. The Morgan fingerprint density at radius 3 is 1.84 bits per heavy atom. The molecule has 0 saturated carbocycles. The summed E-state index contributed by atoms with van der Waals surface area (Å²) in [5.74, 6) is -1.88. The zero-order chi connectivity index (χ0) is 58.2. The Bertz CT molecular complexity index is 2880. The van der Waals surface area contributed by atoms with Gasteiger partial charge in [-0.05, 0) is 124 Å². The highest BCUT2D eigenvalue weighted by Crippen LogP contribution is 2.36. The number of fused-ring (bicyclic) bond motifs is 2. The molecule has 6 N–H and O–H groups in total. The third-order valence-corrected chi connectivity index (χ3v) is 16.2. The van der Waals surface area contributed by atoms with Crippen LogP contribution in [0, 0.1) is 10.8 Å². The minimum Gasteiger partial charge on any atom is -0.494 e. The Balaban J connectivity index is 1.16. The summed E-state index contributed by atoms with van der Waals surface area (Å²) in [5, 5.41) is 18.2. The lowest BCUT2D eigenvalue weighted by molar-refractivity contribution is -0.152. The molecule has 2 unspecified atom stereocenters. The number of rotatable bonds is 19. The molecule has 9 atom stereocenters. The molecule has 3 aliphatic rings. The predicted octanol–water partition coefficient (Wildman–Crippen LogP) is 6.30. The van der Waals surface area contributed by atoms with Crippen LogP contribution in [0.4, 0.5) is 0 Å². The van der Waals surface area contributed by atoms with Gasteiger partial charge in [-0.1, -0.05) is 120 Å². The molecule has 4 aromatic carbocycles. The molecule has 7 amide bonds. The Kier molecular flexibility index (Phi) is 19.7. The normalized spacial score (nSPS) is 19.9. The van der Waals surface area contributed by atoms with Crippen LogP contribution in [0.2, 0.25) is 0 Å². The number of nitrogens with one attached hydrogen (secondary N) is 6. The zero-order valence-electron chi connectivity index (χ0n) is 48.9. The Morgan fingerprint density at radius 1 is 0.675 bits per heavy atom. The van der Waals surface area contributed by atoms with Crippen molar-refractivity contribution in [2.45, 2.75) is 169 Å². The number of aryl methyl sites for hydroxylation is 1. The Morgan fingerprint density at radius 2 is 1.24 bits per heavy atom. The SMILES string of the molecule is CCOc1ccccc1[C@@H](C)N(Cc1ccc(C(=O)NC2C[C@@H](C(=O)NC3CCCc4ccccc43)N(C(=O)[C@@H](NC(=O)[C@H](C)NC)C(C)(C)C)C2)cc1)C(=O)[C@@H]1Cc2ccccc2CN1C(=O)[C@@H](NC(=O)[C@H](C)NC)C(C)(C)C. The molecule has 17 heteroatoms. The second-order valence-electron chi connectivity index (χ2n) is 24.0. The fraction of sp³-hybridized carbons (Fsp3) is 0.508. The van der Waals surface area contributed by atoms with Crippen molar-refractivity contribution >= 4 is 41.4 Å². The maximum atomic E-state index is 15.7. The minimum absolute atomic E-state index is 0.0350. The molecule has 1 saturated heterocycles. The van der Waals surface area contributed by atoms with Crippen LogP contribution >= 0.6 is 0 Å². The van der Waals surface area contributed by atoms with Crippen molar-refractivity contribution in [3.8, 4) is 5.75 Å². The lowest BCUT2D eigenvalue weighted by Gasteiger charge is -2.43. The fourth-order valence-electron chi connectivity index (χ4n) is 11.1. The Labute approximate surface area is 473 Å². The van der Waals surface area contributed by atoms with Crippen molar-refractivity contribution in [1.82, 2.24) is 46.6 Å². The van der Waals surface area contributed by atoms with Crippen LogP contribution in [0.1, 0.15) is 144 Å². The van der Waals surface area contributed by atoms with E-state index < -0.39 is 71.0 Å². The van der Waals surface area contributed by atoms with Gasteiger partial charge in [0.2, 0.25) is 35.4 Å². The van der Waals surface area contributed by atoms with Gasteiger partial charge in [-0.25, -0.2) is 0 Å². The van der Waals surface area contributed by atoms with Crippen LogP contribution in [0.25, 0.3) is 0 Å². The predicted molar refractivity (Wildman–Crippen MR) is 309 cm³/mol. The van der Waals surface area contributed by atoms with Crippen LogP contribution in [-0.4, -0.2) is 126 Å². The van der Waals surface area contributed by atoms with E-state index in [2.05, 4.69) is 38.0 Å². The van der Waals surface area contributed by atoms with E-state index in [0.29, 0.717) is 23.5 Å². The van der Waals surface area contributed by atoms with E-state index in [1.165, 1.54) is 10.5 Å². The number of hydrogen-bond donors (Lipinski definition) is 6. The molecule has 0 spiro atoms. The maximum absolute atomic E-state index is 15.7. The van der Waals surface area contributed by atoms with Crippen molar-refractivity contribution in [3.05, 3.63) is 136 Å². The average molecular weight is 1100 g/mol. The van der Waals surface area contributed by atoms with Gasteiger partial charge in [0.15, 0.2) is 0 Å². The van der Waals surface area contributed by atoms with Gasteiger partial charge in [-0.2, -0.15) is 0 Å². The molecule has 430 valence electrons. The van der Waals surface area contributed by atoms with Crippen LogP contribution in [0.5, 0.6) is 5.75 Å². The lowest BCUT2D eigenvalue weighted by atomic mass is 9.84. The van der Waals surface area contributed by atoms with E-state index in [1.807, 2.05) is 122 Å². The number of nitrogens with zero attached hydrogens (tertiary/aromatic N) is 3. The van der Waals surface area contributed by atoms with E-state index in [4.69, 9.17) is 4.74 Å². The number of likely N-dealkylation sites (N-methyl/N-ethyl adjacent to an activating group) is 2. The second kappa shape index (κ2) is 26.0. The van der Waals surface area contributed by atoms with E-state index in [9.17, 15) is 24.0 Å². The van der Waals surface area contributed by atoms with Crippen molar-refractivity contribution < 1.29 is 38.3 Å². The number of ether oxygens (including phenoxy) is 1. The summed E-state index contributed by atoms with van der Waals surface area (Å²) in [4.78, 5) is 106. The topological polar surface area (TPSA) is 211 Å². The van der Waals surface area contributed by atoms with Gasteiger partial charge in [0.05, 0.1) is 30.8 Å². The number of amides is 7. The van der Waals surface area contributed by atoms with Gasteiger partial charge in [0.1, 0.15) is 29.9 Å². The molecular formula is C63H85N9O8. The summed E-state index contributed by atoms with van der Waals surface area (Å²) in [6.45, 7) is 19.3. The minimum atomic E-state index is -0.974. The highest BCUT2D eigenvalue weighted by molar-refractivity contribution is 5.97. The largest absolute Gasteiger partial charge is 0.494 e. The van der Waals surface area contributed by atoms with Crippen LogP contribution in [-0.2, 0) is 54.7 Å². The molecule has 17 nitrogen and oxygen atoms in total. The number of hydrogen-bond acceptors (Lipinski definition) is 10. The van der Waals surface area contributed by atoms with E-state index in [-0.39, 0.29) is 68.1 Å². The third kappa shape index (κ3) is 14.1. The summed E-state index contributed by atoms with van der Waals surface area (Å²) in [6, 6.07) is 24.1. The number of carbonyl (C=O) groups excluding carboxylic acids is 7. The lowest BCUT2D eigenvalue weighted by Crippen LogP contribution is -2.62. The first-order chi connectivity index (χ1) is 37.9. The molecule has 2 aliphatic heterocycles. The number of carbonyl (C=O) groups is 7. The van der Waals surface area contributed by atoms with Crippen molar-refractivity contribution in [1.29, 1.82) is 0 Å². The van der Waals surface area contributed by atoms with Gasteiger partial charge < -0.3 is 51.3 Å². The first-order valence-electron chi connectivity index (χ1n) is 28.4. The Hall–Kier alpha value is -7.11. The van der Waals surface area contributed by atoms with Crippen LogP contribution < -0.4 is 36.6 Å². The van der Waals surface area contributed by atoms with Gasteiger partial charge in [0, 0.05) is 43.2 Å². The summed E-state index contributed by atoms with van der Waals surface area (Å²) in [5.41, 5.74) is 4.48. The van der Waals surface area contributed by atoms with E-state index >= 15 is 9.59 Å². The third-order valence-electron chi connectivity index (χ3n) is 16.2. The molecule has 7 rings (SSSR count). The summed E-state index contributed by atoms with van der Waals surface area (Å²) in [6.07, 6.45) is 2.95. The van der Waals surface area contributed by atoms with Crippen LogP contribution in [0.15, 0.2) is 97.1 Å². The highest BCUT2D eigenvalue weighted by atomic mass is 16.5. The fourth-order valence-corrected chi connectivity index (χ4v) is 11.1. The number of para-hydroxylation sites is 1. The molecule has 0 bridgehead atoms. The maximum Gasteiger partial charge on any atom is 0.251 e. The first-order valence-corrected chi connectivity index (χ1v) is 28.4. The molecule has 1 fully saturated rings. The van der Waals surface area contributed by atoms with Crippen molar-refractivity contribution in [3.63, 3.8) is 0 Å².